The summed E-state index contributed by atoms with van der Waals surface area (Å²) in [5.74, 6) is -0.130. The molecule has 1 aromatic heterocycles. The average molecular weight is 276 g/mol. The van der Waals surface area contributed by atoms with Gasteiger partial charge in [0.05, 0.1) is 18.8 Å². The number of hydrogen-bond acceptors (Lipinski definition) is 4. The highest BCUT2D eigenvalue weighted by atomic mass is 16.5. The van der Waals surface area contributed by atoms with Crippen LogP contribution < -0.4 is 4.90 Å². The van der Waals surface area contributed by atoms with Crippen molar-refractivity contribution in [1.29, 1.82) is 0 Å². The summed E-state index contributed by atoms with van der Waals surface area (Å²) in [6.07, 6.45) is 5.59. The van der Waals surface area contributed by atoms with Gasteiger partial charge in [0, 0.05) is 24.4 Å². The lowest BCUT2D eigenvalue weighted by Gasteiger charge is -2.39. The number of ether oxygens (including phenoxy) is 1. The molecule has 0 spiro atoms. The molecule has 20 heavy (non-hydrogen) atoms. The van der Waals surface area contributed by atoms with E-state index in [0.717, 1.165) is 30.4 Å². The van der Waals surface area contributed by atoms with E-state index in [1.165, 1.54) is 0 Å². The van der Waals surface area contributed by atoms with Gasteiger partial charge in [-0.1, -0.05) is 6.92 Å². The number of morpholine rings is 1. The van der Waals surface area contributed by atoms with Gasteiger partial charge >= 0.3 is 5.97 Å². The fourth-order valence-corrected chi connectivity index (χ4v) is 2.38. The first-order chi connectivity index (χ1) is 9.61. The largest absolute Gasteiger partial charge is 0.478 e. The van der Waals surface area contributed by atoms with Crippen molar-refractivity contribution in [1.82, 2.24) is 4.98 Å². The molecule has 108 valence electrons. The molecule has 2 rings (SSSR count). The van der Waals surface area contributed by atoms with Gasteiger partial charge in [-0.3, -0.25) is 0 Å². The first kappa shape index (κ1) is 14.5. The highest BCUT2D eigenvalue weighted by molar-refractivity contribution is 5.86. The van der Waals surface area contributed by atoms with Gasteiger partial charge in [-0.05, 0) is 31.6 Å². The van der Waals surface area contributed by atoms with Gasteiger partial charge in [-0.15, -0.1) is 0 Å². The van der Waals surface area contributed by atoms with Crippen LogP contribution in [0.25, 0.3) is 6.08 Å². The molecule has 0 saturated carbocycles. The maximum Gasteiger partial charge on any atom is 0.328 e. The minimum absolute atomic E-state index is 0.149. The van der Waals surface area contributed by atoms with Gasteiger partial charge in [0.25, 0.3) is 0 Å². The number of anilines is 1. The highest BCUT2D eigenvalue weighted by Crippen LogP contribution is 2.25. The molecule has 0 bridgehead atoms. The SMILES string of the molecule is CCC1COC(C)CN1c1ncccc1/C=C/C(=O)O. The molecule has 0 aliphatic carbocycles. The van der Waals surface area contributed by atoms with E-state index < -0.39 is 5.97 Å². The van der Waals surface area contributed by atoms with Crippen LogP contribution in [0, 0.1) is 0 Å². The van der Waals surface area contributed by atoms with Crippen LogP contribution >= 0.6 is 0 Å². The number of carboxylic acids is 1. The second-order valence-electron chi connectivity index (χ2n) is 4.95. The van der Waals surface area contributed by atoms with Crippen LogP contribution in [0.2, 0.25) is 0 Å². The maximum atomic E-state index is 10.7. The second kappa shape index (κ2) is 6.52. The van der Waals surface area contributed by atoms with E-state index in [9.17, 15) is 4.79 Å². The molecule has 5 heteroatoms. The number of pyridine rings is 1. The summed E-state index contributed by atoms with van der Waals surface area (Å²) in [6.45, 7) is 5.60. The van der Waals surface area contributed by atoms with Gasteiger partial charge < -0.3 is 14.7 Å². The van der Waals surface area contributed by atoms with Crippen molar-refractivity contribution in [2.45, 2.75) is 32.4 Å². The minimum atomic E-state index is -0.956. The first-order valence-corrected chi connectivity index (χ1v) is 6.86. The van der Waals surface area contributed by atoms with Crippen LogP contribution in [0.15, 0.2) is 24.4 Å². The van der Waals surface area contributed by atoms with E-state index in [2.05, 4.69) is 16.8 Å². The number of hydrogen-bond donors (Lipinski definition) is 1. The van der Waals surface area contributed by atoms with Crippen LogP contribution in [0.4, 0.5) is 5.82 Å². The molecule has 2 unspecified atom stereocenters. The van der Waals surface area contributed by atoms with E-state index >= 15 is 0 Å². The zero-order valence-corrected chi connectivity index (χ0v) is 11.8. The number of aromatic nitrogens is 1. The molecule has 1 N–H and O–H groups in total. The molecule has 0 amide bonds. The Hall–Kier alpha value is -1.88. The van der Waals surface area contributed by atoms with E-state index in [1.807, 2.05) is 19.1 Å². The van der Waals surface area contributed by atoms with Gasteiger partial charge in [0.15, 0.2) is 0 Å². The molecule has 5 nitrogen and oxygen atoms in total. The first-order valence-electron chi connectivity index (χ1n) is 6.86. The molecule has 1 aromatic rings. The number of nitrogens with zero attached hydrogens (tertiary/aromatic N) is 2. The third-order valence-corrected chi connectivity index (χ3v) is 3.43. The number of rotatable bonds is 4. The van der Waals surface area contributed by atoms with Crippen molar-refractivity contribution in [3.05, 3.63) is 30.0 Å². The highest BCUT2D eigenvalue weighted by Gasteiger charge is 2.27. The normalized spacial score (nSPS) is 23.2. The Bertz CT molecular complexity index is 502. The van der Waals surface area contributed by atoms with Crippen molar-refractivity contribution in [3.63, 3.8) is 0 Å². The lowest BCUT2D eigenvalue weighted by Crippen LogP contribution is -2.49. The van der Waals surface area contributed by atoms with Crippen LogP contribution in [-0.4, -0.2) is 41.4 Å². The van der Waals surface area contributed by atoms with E-state index in [-0.39, 0.29) is 12.1 Å². The Morgan fingerprint density at radius 1 is 1.65 bits per heavy atom. The Morgan fingerprint density at radius 2 is 2.45 bits per heavy atom. The summed E-state index contributed by atoms with van der Waals surface area (Å²) in [5, 5.41) is 8.78. The summed E-state index contributed by atoms with van der Waals surface area (Å²) in [7, 11) is 0. The molecule has 1 aliphatic rings. The monoisotopic (exact) mass is 276 g/mol. The second-order valence-corrected chi connectivity index (χ2v) is 4.95. The summed E-state index contributed by atoms with van der Waals surface area (Å²) in [4.78, 5) is 17.3. The third-order valence-electron chi connectivity index (χ3n) is 3.43. The average Bonchev–Trinajstić information content (AvgIpc) is 2.45. The number of carbonyl (C=O) groups is 1. The molecule has 0 radical (unpaired) electrons. The molecule has 1 aliphatic heterocycles. The summed E-state index contributed by atoms with van der Waals surface area (Å²) < 4.78 is 5.69. The van der Waals surface area contributed by atoms with Crippen molar-refractivity contribution in [2.24, 2.45) is 0 Å². The van der Waals surface area contributed by atoms with Gasteiger partial charge in [0.1, 0.15) is 5.82 Å². The molecule has 0 aromatic carbocycles. The fourth-order valence-electron chi connectivity index (χ4n) is 2.38. The summed E-state index contributed by atoms with van der Waals surface area (Å²) in [6, 6.07) is 3.97. The summed E-state index contributed by atoms with van der Waals surface area (Å²) >= 11 is 0. The van der Waals surface area contributed by atoms with Crippen LogP contribution in [-0.2, 0) is 9.53 Å². The summed E-state index contributed by atoms with van der Waals surface area (Å²) in [5.41, 5.74) is 0.822. The molecule has 1 fully saturated rings. The quantitative estimate of drug-likeness (QED) is 0.854. The van der Waals surface area contributed by atoms with Crippen molar-refractivity contribution in [2.75, 3.05) is 18.1 Å². The van der Waals surface area contributed by atoms with Crippen molar-refractivity contribution >= 4 is 17.9 Å². The van der Waals surface area contributed by atoms with Crippen LogP contribution in [0.3, 0.4) is 0 Å². The van der Waals surface area contributed by atoms with Gasteiger partial charge in [0.2, 0.25) is 0 Å². The van der Waals surface area contributed by atoms with E-state index in [4.69, 9.17) is 9.84 Å². The Morgan fingerprint density at radius 3 is 3.15 bits per heavy atom. The molecule has 2 atom stereocenters. The van der Waals surface area contributed by atoms with Gasteiger partial charge in [-0.25, -0.2) is 9.78 Å². The minimum Gasteiger partial charge on any atom is -0.478 e. The Kier molecular flexibility index (Phi) is 4.74. The van der Waals surface area contributed by atoms with Crippen molar-refractivity contribution < 1.29 is 14.6 Å². The van der Waals surface area contributed by atoms with E-state index in [0.29, 0.717) is 6.61 Å². The lowest BCUT2D eigenvalue weighted by atomic mass is 10.1. The standard InChI is InChI=1S/C15H20N2O3/c1-3-13-10-20-11(2)9-17(13)15-12(5-4-8-16-15)6-7-14(18)19/h4-8,11,13H,3,9-10H2,1-2H3,(H,18,19)/b7-6+. The number of carboxylic acid groups (broad SMARTS) is 1. The van der Waals surface area contributed by atoms with Crippen LogP contribution in [0.5, 0.6) is 0 Å². The maximum absolute atomic E-state index is 10.7. The number of aliphatic carboxylic acids is 1. The van der Waals surface area contributed by atoms with Gasteiger partial charge in [-0.2, -0.15) is 0 Å². The molecular weight excluding hydrogens is 256 g/mol. The predicted molar refractivity (Wildman–Crippen MR) is 77.7 cm³/mol. The zero-order chi connectivity index (χ0) is 14.5. The lowest BCUT2D eigenvalue weighted by molar-refractivity contribution is -0.131. The van der Waals surface area contributed by atoms with Crippen molar-refractivity contribution in [3.8, 4) is 0 Å². The third kappa shape index (κ3) is 3.36. The molecular formula is C15H20N2O3. The predicted octanol–water partition coefficient (Wildman–Crippen LogP) is 2.18. The fraction of sp³-hybridized carbons (Fsp3) is 0.467. The Labute approximate surface area is 118 Å². The van der Waals surface area contributed by atoms with E-state index in [1.54, 1.807) is 12.3 Å². The molecule has 1 saturated heterocycles. The zero-order valence-electron chi connectivity index (χ0n) is 11.8. The smallest absolute Gasteiger partial charge is 0.328 e. The molecule has 2 heterocycles. The topological polar surface area (TPSA) is 62.7 Å². The van der Waals surface area contributed by atoms with Crippen LogP contribution in [0.1, 0.15) is 25.8 Å². The Balaban J connectivity index is 2.32.